The number of nitrogens with two attached hydrogens (primary N) is 1. The highest BCUT2D eigenvalue weighted by atomic mass is 32.1. The molecule has 0 bridgehead atoms. The molecule has 70 heavy (non-hydrogen) atoms. The fraction of sp³-hybridized carbons (Fsp3) is 0.364. The van der Waals surface area contributed by atoms with Crippen molar-refractivity contribution < 1.29 is 38.5 Å². The predicted octanol–water partition coefficient (Wildman–Crippen LogP) is 7.45. The molecule has 0 aliphatic carbocycles. The topological polar surface area (TPSA) is 187 Å². The van der Waals surface area contributed by atoms with E-state index in [0.717, 1.165) is 55.2 Å². The maximum absolute atomic E-state index is 14.1. The number of nitrogens with one attached hydrogen (secondary N) is 2. The van der Waals surface area contributed by atoms with Crippen LogP contribution in [0.15, 0.2) is 107 Å². The van der Waals surface area contributed by atoms with Crippen molar-refractivity contribution >= 4 is 68.6 Å². The number of likely N-dealkylation sites (tertiary alicyclic amines) is 1. The van der Waals surface area contributed by atoms with Gasteiger partial charge in [-0.1, -0.05) is 75.4 Å². The number of aliphatic imine (C=N–C) groups is 1. The van der Waals surface area contributed by atoms with Crippen molar-refractivity contribution in [2.75, 3.05) is 39.6 Å². The summed E-state index contributed by atoms with van der Waals surface area (Å²) in [7, 11) is 0. The van der Waals surface area contributed by atoms with Crippen LogP contribution in [0.25, 0.3) is 37.8 Å². The normalized spacial score (nSPS) is 17.4. The second kappa shape index (κ2) is 21.6. The van der Waals surface area contributed by atoms with E-state index in [4.69, 9.17) is 19.9 Å². The third-order valence-electron chi connectivity index (χ3n) is 13.0. The lowest BCUT2D eigenvalue weighted by Crippen LogP contribution is -2.58. The average Bonchev–Trinajstić information content (AvgIpc) is 4.11. The summed E-state index contributed by atoms with van der Waals surface area (Å²) < 4.78 is 19.7. The molecule has 1 fully saturated rings. The number of carbonyl (C=O) groups excluding carboxylic acids is 4. The minimum Gasteiger partial charge on any atom is -0.491 e. The molecule has 15 heteroatoms. The Bertz CT molecular complexity index is 2950. The molecule has 2 aromatic heterocycles. The van der Waals surface area contributed by atoms with Crippen LogP contribution in [0.3, 0.4) is 0 Å². The number of aliphatic hydroxyl groups is 1. The van der Waals surface area contributed by atoms with Gasteiger partial charge in [0, 0.05) is 59.0 Å². The number of ether oxygens (including phenoxy) is 3. The van der Waals surface area contributed by atoms with Crippen LogP contribution in [0.4, 0.5) is 0 Å². The van der Waals surface area contributed by atoms with E-state index in [1.807, 2.05) is 108 Å². The minimum absolute atomic E-state index is 0.0229. The molecule has 0 radical (unpaired) electrons. The summed E-state index contributed by atoms with van der Waals surface area (Å²) in [6.45, 7) is 12.9. The molecule has 2 aliphatic rings. The number of aryl methyl sites for hydroxylation is 1. The van der Waals surface area contributed by atoms with E-state index in [9.17, 15) is 24.3 Å². The molecule has 6 aromatic rings. The highest BCUT2D eigenvalue weighted by molar-refractivity contribution is 7.13. The molecule has 8 rings (SSSR count). The van der Waals surface area contributed by atoms with Crippen LogP contribution in [0, 0.1) is 12.3 Å². The molecule has 4 atom stereocenters. The first kappa shape index (κ1) is 49.8. The smallest absolute Gasteiger partial charge is 0.249 e. The first-order valence-corrected chi connectivity index (χ1v) is 24.6. The van der Waals surface area contributed by atoms with Gasteiger partial charge in [0.2, 0.25) is 23.6 Å². The monoisotopic (exact) mass is 966 g/mol. The van der Waals surface area contributed by atoms with Gasteiger partial charge in [0.1, 0.15) is 31.0 Å². The Balaban J connectivity index is 0.828. The number of rotatable bonds is 19. The van der Waals surface area contributed by atoms with E-state index in [2.05, 4.69) is 56.8 Å². The van der Waals surface area contributed by atoms with Gasteiger partial charge in [-0.2, -0.15) is 0 Å². The number of hydrogen-bond donors (Lipinski definition) is 4. The minimum atomic E-state index is -0.983. The van der Waals surface area contributed by atoms with Crippen molar-refractivity contribution in [2.45, 2.75) is 85.3 Å². The summed E-state index contributed by atoms with van der Waals surface area (Å²) in [5, 5.41) is 20.0. The van der Waals surface area contributed by atoms with E-state index in [0.29, 0.717) is 17.9 Å². The third kappa shape index (κ3) is 11.2. The van der Waals surface area contributed by atoms with Crippen molar-refractivity contribution in [1.29, 1.82) is 0 Å². The van der Waals surface area contributed by atoms with Gasteiger partial charge in [-0.25, -0.2) is 0 Å². The second-order valence-electron chi connectivity index (χ2n) is 19.2. The van der Waals surface area contributed by atoms with Crippen LogP contribution in [0.5, 0.6) is 5.75 Å². The highest BCUT2D eigenvalue weighted by Gasteiger charge is 2.44. The Morgan fingerprint density at radius 2 is 1.63 bits per heavy atom. The van der Waals surface area contributed by atoms with E-state index >= 15 is 0 Å². The lowest BCUT2D eigenvalue weighted by molar-refractivity contribution is -0.144. The largest absolute Gasteiger partial charge is 0.491 e. The number of carbonyl (C=O) groups is 4. The number of β-amino-alcohol motifs (C(OH)–C–C–N with tert-alkyl or cyclic N) is 1. The fourth-order valence-electron chi connectivity index (χ4n) is 9.42. The first-order chi connectivity index (χ1) is 33.6. The third-order valence-corrected chi connectivity index (χ3v) is 14.0. The summed E-state index contributed by atoms with van der Waals surface area (Å²) in [5.74, 6) is -1.24. The number of fused-ring (bicyclic) bond motifs is 3. The molecule has 366 valence electrons. The Hall–Kier alpha value is -6.65. The SMILES string of the molecule is CC1=C(c2cc(C(N)=O)c3c4cc(OCCOCCOCC(=O)N[C@H](C(=O)N5C[C@H](O)C[C@H]5C(=O)NCc5ccc(-c6sccc6C)cc5)C(C)(C)C)ccc4n(Cc4ccccc4)c3c2)C(C)N=C1. The zero-order chi connectivity index (χ0) is 49.7. The molecule has 0 saturated carbocycles. The number of nitrogens with zero attached hydrogens (tertiary/aromatic N) is 3. The number of aromatic nitrogens is 1. The van der Waals surface area contributed by atoms with Crippen LogP contribution in [-0.4, -0.2) is 108 Å². The van der Waals surface area contributed by atoms with E-state index in [-0.39, 0.29) is 64.5 Å². The molecule has 1 saturated heterocycles. The number of primary amides is 1. The van der Waals surface area contributed by atoms with Gasteiger partial charge in [-0.05, 0) is 107 Å². The zero-order valence-corrected chi connectivity index (χ0v) is 41.4. The standard InChI is InChI=1S/C55H62N6O8S/c1-33-18-23-70-50(33)38-14-12-36(13-15-38)29-58-53(65)46-26-40(62)31-61(46)54(66)51(55(4,5)6)59-47(63)32-68-20-19-67-21-22-69-41-16-17-44-42(27-41)49-43(52(56)64)24-39(48-34(2)28-57-35(48)3)25-45(49)60(44)30-37-10-8-7-9-11-37/h7-18,23-25,27-28,35,40,46,51,62H,19-22,26,29-32H2,1-6H3,(H2,56,64)(H,58,65)(H,59,63)/t35?,40-,46+,51-/m1/s1. The molecule has 4 amide bonds. The van der Waals surface area contributed by atoms with Crippen molar-refractivity contribution in [3.63, 3.8) is 0 Å². The zero-order valence-electron chi connectivity index (χ0n) is 40.6. The lowest BCUT2D eigenvalue weighted by atomic mass is 9.85. The Morgan fingerprint density at radius 3 is 2.31 bits per heavy atom. The number of thiophene rings is 1. The fourth-order valence-corrected chi connectivity index (χ4v) is 10.4. The summed E-state index contributed by atoms with van der Waals surface area (Å²) in [4.78, 5) is 61.0. The molecule has 4 aromatic carbocycles. The number of allylic oxidation sites excluding steroid dienone is 1. The average molecular weight is 967 g/mol. The number of benzene rings is 4. The summed E-state index contributed by atoms with van der Waals surface area (Å²) in [5.41, 5.74) is 15.0. The maximum Gasteiger partial charge on any atom is 0.249 e. The van der Waals surface area contributed by atoms with Gasteiger partial charge in [0.15, 0.2) is 0 Å². The van der Waals surface area contributed by atoms with Crippen LogP contribution in [0.1, 0.15) is 73.7 Å². The molecule has 14 nitrogen and oxygen atoms in total. The molecular weight excluding hydrogens is 905 g/mol. The molecule has 0 spiro atoms. The highest BCUT2D eigenvalue weighted by Crippen LogP contribution is 2.39. The molecule has 2 aliphatic heterocycles. The van der Waals surface area contributed by atoms with Crippen LogP contribution >= 0.6 is 11.3 Å². The Labute approximate surface area is 412 Å². The van der Waals surface area contributed by atoms with Crippen molar-refractivity contribution in [3.05, 3.63) is 130 Å². The van der Waals surface area contributed by atoms with Crippen LogP contribution < -0.4 is 21.1 Å². The van der Waals surface area contributed by atoms with Gasteiger partial charge in [-0.15, -0.1) is 11.3 Å². The van der Waals surface area contributed by atoms with E-state index < -0.39 is 41.3 Å². The Morgan fingerprint density at radius 1 is 0.886 bits per heavy atom. The maximum atomic E-state index is 14.1. The summed E-state index contributed by atoms with van der Waals surface area (Å²) in [6.07, 6.45) is 1.09. The van der Waals surface area contributed by atoms with Gasteiger partial charge >= 0.3 is 0 Å². The van der Waals surface area contributed by atoms with Crippen LogP contribution in [-0.2, 0) is 36.9 Å². The quantitative estimate of drug-likeness (QED) is 0.0603. The summed E-state index contributed by atoms with van der Waals surface area (Å²) >= 11 is 1.68. The number of aliphatic hydroxyl groups excluding tert-OH is 1. The van der Waals surface area contributed by atoms with Crippen molar-refractivity contribution in [1.82, 2.24) is 20.1 Å². The van der Waals surface area contributed by atoms with Gasteiger partial charge < -0.3 is 45.2 Å². The van der Waals surface area contributed by atoms with Gasteiger partial charge in [0.05, 0.1) is 37.5 Å². The van der Waals surface area contributed by atoms with Crippen molar-refractivity contribution in [2.24, 2.45) is 16.1 Å². The van der Waals surface area contributed by atoms with E-state index in [1.165, 1.54) is 15.3 Å². The second-order valence-corrected chi connectivity index (χ2v) is 20.1. The molecule has 4 heterocycles. The summed E-state index contributed by atoms with van der Waals surface area (Å²) in [6, 6.07) is 28.2. The molecule has 1 unspecified atom stereocenters. The van der Waals surface area contributed by atoms with Crippen molar-refractivity contribution in [3.8, 4) is 16.2 Å². The number of amides is 4. The van der Waals surface area contributed by atoms with Gasteiger partial charge in [0.25, 0.3) is 0 Å². The lowest BCUT2D eigenvalue weighted by Gasteiger charge is -2.35. The first-order valence-electron chi connectivity index (χ1n) is 23.7. The predicted molar refractivity (Wildman–Crippen MR) is 275 cm³/mol. The molecular formula is C55H62N6O8S. The Kier molecular flexibility index (Phi) is 15.3. The van der Waals surface area contributed by atoms with Crippen LogP contribution in [0.2, 0.25) is 0 Å². The number of hydrogen-bond acceptors (Lipinski definition) is 10. The van der Waals surface area contributed by atoms with Gasteiger partial charge in [-0.3, -0.25) is 24.2 Å². The van der Waals surface area contributed by atoms with E-state index in [1.54, 1.807) is 11.3 Å². The molecule has 5 N–H and O–H groups in total.